The third-order valence-electron chi connectivity index (χ3n) is 2.65. The van der Waals surface area contributed by atoms with Crippen LogP contribution in [0.25, 0.3) is 11.1 Å². The zero-order chi connectivity index (χ0) is 11.7. The third-order valence-corrected chi connectivity index (χ3v) is 2.94. The number of aryl methyl sites for hydroxylation is 2. The van der Waals surface area contributed by atoms with Crippen LogP contribution in [0.5, 0.6) is 5.75 Å². The molecule has 0 saturated heterocycles. The molecule has 0 radical (unpaired) electrons. The molecule has 2 nitrogen and oxygen atoms in total. The summed E-state index contributed by atoms with van der Waals surface area (Å²) in [5.41, 5.74) is 3.27. The molecule has 0 fully saturated rings. The summed E-state index contributed by atoms with van der Waals surface area (Å²) < 4.78 is 10.5. The van der Waals surface area contributed by atoms with Crippen molar-refractivity contribution in [3.8, 4) is 16.9 Å². The van der Waals surface area contributed by atoms with Gasteiger partial charge in [0.15, 0.2) is 0 Å². The molecule has 0 spiro atoms. The van der Waals surface area contributed by atoms with Crippen molar-refractivity contribution in [2.24, 2.45) is 0 Å². The van der Waals surface area contributed by atoms with Crippen LogP contribution in [0.2, 0.25) is 5.02 Å². The monoisotopic (exact) mass is 236 g/mol. The quantitative estimate of drug-likeness (QED) is 0.779. The number of hydrogen-bond acceptors (Lipinski definition) is 2. The topological polar surface area (TPSA) is 22.4 Å². The number of furan rings is 1. The molecule has 1 heterocycles. The average Bonchev–Trinajstić information content (AvgIpc) is 2.65. The smallest absolute Gasteiger partial charge is 0.138 e. The van der Waals surface area contributed by atoms with E-state index in [2.05, 4.69) is 0 Å². The van der Waals surface area contributed by atoms with Gasteiger partial charge in [-0.2, -0.15) is 0 Å². The van der Waals surface area contributed by atoms with Crippen LogP contribution >= 0.6 is 11.6 Å². The maximum absolute atomic E-state index is 6.05. The second-order valence-corrected chi connectivity index (χ2v) is 4.10. The van der Waals surface area contributed by atoms with Gasteiger partial charge in [0.1, 0.15) is 11.5 Å². The van der Waals surface area contributed by atoms with E-state index in [1.54, 1.807) is 13.4 Å². The van der Waals surface area contributed by atoms with E-state index in [1.807, 2.05) is 32.0 Å². The predicted molar refractivity (Wildman–Crippen MR) is 65.2 cm³/mol. The fraction of sp³-hybridized carbons (Fsp3) is 0.231. The van der Waals surface area contributed by atoms with Crippen molar-refractivity contribution in [2.45, 2.75) is 13.8 Å². The van der Waals surface area contributed by atoms with E-state index < -0.39 is 0 Å². The van der Waals surface area contributed by atoms with Gasteiger partial charge in [-0.05, 0) is 43.2 Å². The van der Waals surface area contributed by atoms with E-state index >= 15 is 0 Å². The van der Waals surface area contributed by atoms with Crippen molar-refractivity contribution in [3.63, 3.8) is 0 Å². The second-order valence-electron chi connectivity index (χ2n) is 3.69. The van der Waals surface area contributed by atoms with Gasteiger partial charge < -0.3 is 9.15 Å². The standard InChI is InChI=1S/C13H13ClO2/c1-8-6-12(14)13(15-3)7-11(8)10-4-5-16-9(10)2/h4-7H,1-3H3. The molecule has 0 N–H and O–H groups in total. The predicted octanol–water partition coefficient (Wildman–Crippen LogP) is 4.23. The third kappa shape index (κ3) is 1.81. The van der Waals surface area contributed by atoms with E-state index in [0.29, 0.717) is 10.8 Å². The number of ether oxygens (including phenoxy) is 1. The van der Waals surface area contributed by atoms with Crippen molar-refractivity contribution >= 4 is 11.6 Å². The highest BCUT2D eigenvalue weighted by atomic mass is 35.5. The zero-order valence-electron chi connectivity index (χ0n) is 9.50. The van der Waals surface area contributed by atoms with Crippen LogP contribution in [0.1, 0.15) is 11.3 Å². The van der Waals surface area contributed by atoms with Crippen LogP contribution in [-0.2, 0) is 0 Å². The summed E-state index contributed by atoms with van der Waals surface area (Å²) in [7, 11) is 1.61. The molecule has 1 aromatic heterocycles. The van der Waals surface area contributed by atoms with Gasteiger partial charge in [0.25, 0.3) is 0 Å². The van der Waals surface area contributed by atoms with Crippen LogP contribution in [0.3, 0.4) is 0 Å². The summed E-state index contributed by atoms with van der Waals surface area (Å²) in [6.45, 7) is 3.96. The lowest BCUT2D eigenvalue weighted by molar-refractivity contribution is 0.415. The summed E-state index contributed by atoms with van der Waals surface area (Å²) in [4.78, 5) is 0. The first-order valence-corrected chi connectivity index (χ1v) is 5.40. The molecule has 0 amide bonds. The number of rotatable bonds is 2. The Hall–Kier alpha value is -1.41. The van der Waals surface area contributed by atoms with Crippen LogP contribution in [-0.4, -0.2) is 7.11 Å². The van der Waals surface area contributed by atoms with Crippen LogP contribution < -0.4 is 4.74 Å². The Labute approximate surface area is 99.8 Å². The first-order chi connectivity index (χ1) is 7.63. The van der Waals surface area contributed by atoms with Gasteiger partial charge >= 0.3 is 0 Å². The molecule has 0 aliphatic carbocycles. The molecule has 16 heavy (non-hydrogen) atoms. The summed E-state index contributed by atoms with van der Waals surface area (Å²) in [5, 5.41) is 0.630. The van der Waals surface area contributed by atoms with E-state index in [1.165, 1.54) is 0 Å². The van der Waals surface area contributed by atoms with Gasteiger partial charge in [-0.15, -0.1) is 0 Å². The van der Waals surface area contributed by atoms with Crippen molar-refractivity contribution in [1.29, 1.82) is 0 Å². The maximum atomic E-state index is 6.05. The maximum Gasteiger partial charge on any atom is 0.138 e. The lowest BCUT2D eigenvalue weighted by Gasteiger charge is -2.09. The normalized spacial score (nSPS) is 10.5. The Kier molecular flexibility index (Phi) is 2.92. The van der Waals surface area contributed by atoms with Crippen LogP contribution in [0.4, 0.5) is 0 Å². The van der Waals surface area contributed by atoms with Gasteiger partial charge in [0.05, 0.1) is 18.4 Å². The second kappa shape index (κ2) is 4.22. The molecular weight excluding hydrogens is 224 g/mol. The largest absolute Gasteiger partial charge is 0.495 e. The minimum atomic E-state index is 0.630. The first-order valence-electron chi connectivity index (χ1n) is 5.02. The van der Waals surface area contributed by atoms with Crippen molar-refractivity contribution in [1.82, 2.24) is 0 Å². The Morgan fingerprint density at radius 3 is 2.50 bits per heavy atom. The zero-order valence-corrected chi connectivity index (χ0v) is 10.3. The summed E-state index contributed by atoms with van der Waals surface area (Å²) in [5.74, 6) is 1.58. The van der Waals surface area contributed by atoms with E-state index in [0.717, 1.165) is 22.5 Å². The summed E-state index contributed by atoms with van der Waals surface area (Å²) in [6.07, 6.45) is 1.69. The van der Waals surface area contributed by atoms with Crippen molar-refractivity contribution in [3.05, 3.63) is 40.8 Å². The van der Waals surface area contributed by atoms with Gasteiger partial charge in [-0.3, -0.25) is 0 Å². The van der Waals surface area contributed by atoms with E-state index in [9.17, 15) is 0 Å². The molecule has 0 aliphatic rings. The molecule has 3 heteroatoms. The molecular formula is C13H13ClO2. The molecule has 0 unspecified atom stereocenters. The van der Waals surface area contributed by atoms with Gasteiger partial charge in [0, 0.05) is 5.56 Å². The lowest BCUT2D eigenvalue weighted by atomic mass is 10.0. The highest BCUT2D eigenvalue weighted by Crippen LogP contribution is 2.35. The molecule has 0 saturated carbocycles. The van der Waals surface area contributed by atoms with E-state index in [4.69, 9.17) is 20.8 Å². The Morgan fingerprint density at radius 2 is 1.94 bits per heavy atom. The van der Waals surface area contributed by atoms with Gasteiger partial charge in [-0.1, -0.05) is 11.6 Å². The minimum absolute atomic E-state index is 0.630. The number of methoxy groups -OCH3 is 1. The Morgan fingerprint density at radius 1 is 1.19 bits per heavy atom. The fourth-order valence-corrected chi connectivity index (χ4v) is 2.06. The molecule has 0 aliphatic heterocycles. The number of hydrogen-bond donors (Lipinski definition) is 0. The summed E-state index contributed by atoms with van der Waals surface area (Å²) >= 11 is 6.05. The highest BCUT2D eigenvalue weighted by molar-refractivity contribution is 6.32. The van der Waals surface area contributed by atoms with Crippen molar-refractivity contribution < 1.29 is 9.15 Å². The van der Waals surface area contributed by atoms with E-state index in [-0.39, 0.29) is 0 Å². The molecule has 1 aromatic carbocycles. The Bertz CT molecular complexity index is 515. The molecule has 2 aromatic rings. The number of halogens is 1. The molecule has 0 atom stereocenters. The molecule has 2 rings (SSSR count). The van der Waals surface area contributed by atoms with Gasteiger partial charge in [-0.25, -0.2) is 0 Å². The Balaban J connectivity index is 2.61. The van der Waals surface area contributed by atoms with Crippen LogP contribution in [0, 0.1) is 13.8 Å². The molecule has 84 valence electrons. The SMILES string of the molecule is COc1cc(-c2ccoc2C)c(C)cc1Cl. The first kappa shape index (κ1) is 11.1. The highest BCUT2D eigenvalue weighted by Gasteiger charge is 2.11. The van der Waals surface area contributed by atoms with Crippen molar-refractivity contribution in [2.75, 3.05) is 7.11 Å². The fourth-order valence-electron chi connectivity index (χ4n) is 1.76. The molecule has 0 bridgehead atoms. The lowest BCUT2D eigenvalue weighted by Crippen LogP contribution is -1.89. The van der Waals surface area contributed by atoms with Gasteiger partial charge in [0.2, 0.25) is 0 Å². The average molecular weight is 237 g/mol. The summed E-state index contributed by atoms with van der Waals surface area (Å²) in [6, 6.07) is 5.79. The van der Waals surface area contributed by atoms with Crippen LogP contribution in [0.15, 0.2) is 28.9 Å². The number of benzene rings is 1. The minimum Gasteiger partial charge on any atom is -0.495 e.